The molecule has 0 saturated carbocycles. The van der Waals surface area contributed by atoms with Crippen LogP contribution in [0.1, 0.15) is 50.5 Å². The van der Waals surface area contributed by atoms with E-state index in [1.807, 2.05) is 6.07 Å². The van der Waals surface area contributed by atoms with Gasteiger partial charge >= 0.3 is 13.1 Å². The van der Waals surface area contributed by atoms with Crippen molar-refractivity contribution >= 4 is 37.9 Å². The molecule has 2 rings (SSSR count). The summed E-state index contributed by atoms with van der Waals surface area (Å²) in [5.41, 5.74) is 6.33. The van der Waals surface area contributed by atoms with Crippen LogP contribution < -0.4 is 5.73 Å². The highest BCUT2D eigenvalue weighted by atomic mass is 35.5. The smallest absolute Gasteiger partial charge is 0.451 e. The van der Waals surface area contributed by atoms with Crippen molar-refractivity contribution in [2.45, 2.75) is 63.2 Å². The number of rotatable bonds is 12. The molecule has 1 fully saturated rings. The van der Waals surface area contributed by atoms with Gasteiger partial charge in [-0.15, -0.1) is 24.8 Å². The van der Waals surface area contributed by atoms with Gasteiger partial charge in [0.15, 0.2) is 0 Å². The highest BCUT2D eigenvalue weighted by molar-refractivity contribution is 6.40. The first-order valence-corrected chi connectivity index (χ1v) is 10.5. The molecular weight excluding hydrogens is 426 g/mol. The molecule has 5 N–H and O–H groups in total. The Kier molecular flexibility index (Phi) is 14.6. The fourth-order valence-corrected chi connectivity index (χ4v) is 3.98. The molecule has 0 radical (unpaired) electrons. The zero-order chi connectivity index (χ0) is 20.4. The molecule has 6 nitrogen and oxygen atoms in total. The lowest BCUT2D eigenvalue weighted by molar-refractivity contribution is -0.144. The van der Waals surface area contributed by atoms with Gasteiger partial charge in [-0.05, 0) is 69.4 Å². The van der Waals surface area contributed by atoms with Crippen LogP contribution in [-0.2, 0) is 11.2 Å². The van der Waals surface area contributed by atoms with Crippen LogP contribution in [0.15, 0.2) is 30.3 Å². The first-order valence-electron chi connectivity index (χ1n) is 10.5. The normalized spacial score (nSPS) is 16.8. The van der Waals surface area contributed by atoms with Crippen LogP contribution in [0.5, 0.6) is 0 Å². The molecule has 1 heterocycles. The van der Waals surface area contributed by atoms with Crippen molar-refractivity contribution in [3.63, 3.8) is 0 Å². The van der Waals surface area contributed by atoms with Gasteiger partial charge in [0.25, 0.3) is 0 Å². The minimum Gasteiger partial charge on any atom is -0.480 e. The summed E-state index contributed by atoms with van der Waals surface area (Å²) >= 11 is 0. The zero-order valence-electron chi connectivity index (χ0n) is 17.6. The molecule has 1 unspecified atom stereocenters. The van der Waals surface area contributed by atoms with E-state index in [2.05, 4.69) is 29.2 Å². The number of nitrogens with two attached hydrogens (primary N) is 1. The van der Waals surface area contributed by atoms with Gasteiger partial charge in [-0.25, -0.2) is 0 Å². The third kappa shape index (κ3) is 10.5. The summed E-state index contributed by atoms with van der Waals surface area (Å²) in [7, 11) is -1.33. The van der Waals surface area contributed by atoms with Crippen LogP contribution in [0, 0.1) is 5.92 Å². The minimum absolute atomic E-state index is 0. The molecule has 0 spiro atoms. The Morgan fingerprint density at radius 2 is 1.73 bits per heavy atom. The van der Waals surface area contributed by atoms with Crippen molar-refractivity contribution in [2.75, 3.05) is 19.6 Å². The van der Waals surface area contributed by atoms with Crippen molar-refractivity contribution < 1.29 is 19.9 Å². The van der Waals surface area contributed by atoms with E-state index in [9.17, 15) is 9.90 Å². The fraction of sp³-hybridized carbons (Fsp3) is 0.667. The zero-order valence-corrected chi connectivity index (χ0v) is 19.3. The van der Waals surface area contributed by atoms with Gasteiger partial charge in [0.2, 0.25) is 0 Å². The van der Waals surface area contributed by atoms with E-state index in [0.717, 1.165) is 38.3 Å². The number of carbonyl (C=O) groups is 1. The van der Waals surface area contributed by atoms with Crippen LogP contribution in [0.25, 0.3) is 0 Å². The van der Waals surface area contributed by atoms with E-state index in [1.165, 1.54) is 12.0 Å². The van der Waals surface area contributed by atoms with Crippen molar-refractivity contribution in [3.05, 3.63) is 35.9 Å². The topological polar surface area (TPSA) is 107 Å². The number of aryl methyl sites for hydroxylation is 1. The van der Waals surface area contributed by atoms with Gasteiger partial charge in [0.1, 0.15) is 5.54 Å². The Labute approximate surface area is 193 Å². The highest BCUT2D eigenvalue weighted by Gasteiger charge is 2.34. The second-order valence-corrected chi connectivity index (χ2v) is 8.25. The summed E-state index contributed by atoms with van der Waals surface area (Å²) in [5, 5.41) is 27.3. The molecule has 1 aromatic rings. The predicted molar refractivity (Wildman–Crippen MR) is 126 cm³/mol. The molecule has 0 aromatic heterocycles. The average molecular weight is 463 g/mol. The number of carboxylic acids is 1. The lowest BCUT2D eigenvalue weighted by Gasteiger charge is -2.34. The summed E-state index contributed by atoms with van der Waals surface area (Å²) in [6, 6.07) is 10.6. The largest absolute Gasteiger partial charge is 0.480 e. The maximum absolute atomic E-state index is 11.7. The highest BCUT2D eigenvalue weighted by Crippen LogP contribution is 2.24. The van der Waals surface area contributed by atoms with Gasteiger partial charge in [0, 0.05) is 6.54 Å². The quantitative estimate of drug-likeness (QED) is 0.281. The number of likely N-dealkylation sites (tertiary alicyclic amines) is 1. The number of nitrogens with zero attached hydrogens (tertiary/aromatic N) is 1. The van der Waals surface area contributed by atoms with Crippen molar-refractivity contribution in [2.24, 2.45) is 11.7 Å². The molecule has 1 atom stereocenters. The number of hydrogen-bond donors (Lipinski definition) is 4. The lowest BCUT2D eigenvalue weighted by Crippen LogP contribution is -2.50. The Morgan fingerprint density at radius 3 is 2.30 bits per heavy atom. The SMILES string of the molecule is Cl.Cl.NC(CCCCB(O)O)(CCN1CCC(CCc2ccccc2)CC1)C(=O)O. The third-order valence-corrected chi connectivity index (χ3v) is 6.03. The first kappa shape index (κ1) is 29.2. The monoisotopic (exact) mass is 462 g/mol. The van der Waals surface area contributed by atoms with Crippen molar-refractivity contribution in [3.8, 4) is 0 Å². The number of benzene rings is 1. The Hall–Kier alpha value is -0.825. The standard InChI is InChI=1S/C21H35BN2O4.2ClH/c23-21(20(25)26,12-4-5-14-22(27)28)13-17-24-15-10-19(11-16-24)9-8-18-6-2-1-3-7-18;;/h1-3,6-7,19,27-28H,4-5,8-17,23H2,(H,25,26);2*1H. The summed E-state index contributed by atoms with van der Waals surface area (Å²) in [4.78, 5) is 14.0. The Bertz CT molecular complexity index is 590. The van der Waals surface area contributed by atoms with Crippen molar-refractivity contribution in [1.82, 2.24) is 4.90 Å². The van der Waals surface area contributed by atoms with Gasteiger partial charge in [0.05, 0.1) is 0 Å². The van der Waals surface area contributed by atoms with E-state index in [-0.39, 0.29) is 31.1 Å². The number of halogens is 2. The van der Waals surface area contributed by atoms with E-state index in [0.29, 0.717) is 32.2 Å². The molecule has 30 heavy (non-hydrogen) atoms. The lowest BCUT2D eigenvalue weighted by atomic mass is 9.81. The summed E-state index contributed by atoms with van der Waals surface area (Å²) in [6.45, 7) is 2.72. The maximum atomic E-state index is 11.7. The second kappa shape index (κ2) is 15.1. The molecule has 1 aliphatic heterocycles. The van der Waals surface area contributed by atoms with Crippen LogP contribution >= 0.6 is 24.8 Å². The number of aliphatic carboxylic acids is 1. The number of carboxylic acid groups (broad SMARTS) is 1. The van der Waals surface area contributed by atoms with Gasteiger partial charge in [-0.1, -0.05) is 43.2 Å². The Morgan fingerprint density at radius 1 is 1.10 bits per heavy atom. The van der Waals surface area contributed by atoms with Crippen LogP contribution in [0.4, 0.5) is 0 Å². The predicted octanol–water partition coefficient (Wildman–Crippen LogP) is 2.99. The second-order valence-electron chi connectivity index (χ2n) is 8.25. The van der Waals surface area contributed by atoms with Gasteiger partial charge in [-0.2, -0.15) is 0 Å². The van der Waals surface area contributed by atoms with Gasteiger partial charge in [-0.3, -0.25) is 4.79 Å². The molecule has 172 valence electrons. The fourth-order valence-electron chi connectivity index (χ4n) is 3.98. The summed E-state index contributed by atoms with van der Waals surface area (Å²) in [6.07, 6.45) is 6.85. The van der Waals surface area contributed by atoms with Crippen LogP contribution in [0.2, 0.25) is 6.32 Å². The summed E-state index contributed by atoms with van der Waals surface area (Å²) in [5.74, 6) is -0.224. The molecule has 0 amide bonds. The Balaban J connectivity index is 0.00000420. The van der Waals surface area contributed by atoms with Crippen LogP contribution in [0.3, 0.4) is 0 Å². The molecule has 9 heteroatoms. The molecular formula is C21H37BCl2N2O4. The maximum Gasteiger partial charge on any atom is 0.451 e. The first-order chi connectivity index (χ1) is 13.4. The molecule has 1 aromatic carbocycles. The minimum atomic E-state index is -1.33. The van der Waals surface area contributed by atoms with Crippen LogP contribution in [-0.4, -0.2) is 58.3 Å². The molecule has 1 aliphatic rings. The van der Waals surface area contributed by atoms with Gasteiger partial charge < -0.3 is 25.8 Å². The van der Waals surface area contributed by atoms with E-state index >= 15 is 0 Å². The number of unbranched alkanes of at least 4 members (excludes halogenated alkanes) is 1. The molecule has 0 bridgehead atoms. The average Bonchev–Trinajstić information content (AvgIpc) is 2.69. The third-order valence-electron chi connectivity index (χ3n) is 6.03. The van der Waals surface area contributed by atoms with E-state index in [1.54, 1.807) is 0 Å². The molecule has 1 saturated heterocycles. The van der Waals surface area contributed by atoms with Crippen molar-refractivity contribution in [1.29, 1.82) is 0 Å². The number of hydrogen-bond acceptors (Lipinski definition) is 5. The summed E-state index contributed by atoms with van der Waals surface area (Å²) < 4.78 is 0. The number of piperidine rings is 1. The van der Waals surface area contributed by atoms with E-state index < -0.39 is 18.6 Å². The molecule has 0 aliphatic carbocycles. The van der Waals surface area contributed by atoms with E-state index in [4.69, 9.17) is 15.8 Å².